The van der Waals surface area contributed by atoms with Gasteiger partial charge < -0.3 is 4.74 Å². The highest BCUT2D eigenvalue weighted by Crippen LogP contribution is 2.23. The molecule has 0 amide bonds. The van der Waals surface area contributed by atoms with Gasteiger partial charge >= 0.3 is 5.97 Å². The summed E-state index contributed by atoms with van der Waals surface area (Å²) in [5.74, 6) is -2.70. The lowest BCUT2D eigenvalue weighted by molar-refractivity contribution is -0.169. The molecule has 1 aliphatic rings. The minimum Gasteiger partial charge on any atom is -0.463 e. The molecule has 0 aromatic carbocycles. The number of carbonyl (C=O) groups is 1. The van der Waals surface area contributed by atoms with Gasteiger partial charge in [-0.1, -0.05) is 0 Å². The van der Waals surface area contributed by atoms with E-state index in [2.05, 4.69) is 4.74 Å². The molecule has 0 radical (unpaired) electrons. The van der Waals surface area contributed by atoms with E-state index >= 15 is 0 Å². The third-order valence-electron chi connectivity index (χ3n) is 2.35. The standard InChI is InChI=1S/C9H16FNO2/c1-3-13-8(12)9(2,10)11-6-4-5-7-11/h3-7H2,1-2H3. The van der Waals surface area contributed by atoms with Gasteiger partial charge in [-0.25, -0.2) is 9.18 Å². The topological polar surface area (TPSA) is 29.5 Å². The van der Waals surface area contributed by atoms with Gasteiger partial charge in [0.1, 0.15) is 0 Å². The molecule has 4 heteroatoms. The molecular weight excluding hydrogens is 173 g/mol. The van der Waals surface area contributed by atoms with Gasteiger partial charge in [0.05, 0.1) is 6.61 Å². The highest BCUT2D eigenvalue weighted by Gasteiger charge is 2.42. The number of carbonyl (C=O) groups excluding carboxylic acids is 1. The first-order valence-electron chi connectivity index (χ1n) is 4.70. The molecule has 76 valence electrons. The molecule has 13 heavy (non-hydrogen) atoms. The van der Waals surface area contributed by atoms with Crippen LogP contribution in [-0.2, 0) is 9.53 Å². The van der Waals surface area contributed by atoms with Crippen molar-refractivity contribution in [2.75, 3.05) is 19.7 Å². The summed E-state index contributed by atoms with van der Waals surface area (Å²) in [5.41, 5.74) is 0. The zero-order valence-corrected chi connectivity index (χ0v) is 8.18. The van der Waals surface area contributed by atoms with E-state index in [1.165, 1.54) is 11.8 Å². The highest BCUT2D eigenvalue weighted by molar-refractivity contribution is 5.78. The van der Waals surface area contributed by atoms with Crippen molar-refractivity contribution in [1.29, 1.82) is 0 Å². The molecule has 1 saturated heterocycles. The fourth-order valence-electron chi connectivity index (χ4n) is 1.53. The summed E-state index contributed by atoms with van der Waals surface area (Å²) >= 11 is 0. The molecule has 1 fully saturated rings. The molecule has 0 aliphatic carbocycles. The maximum Gasteiger partial charge on any atom is 0.359 e. The fourth-order valence-corrected chi connectivity index (χ4v) is 1.53. The molecule has 1 aliphatic heterocycles. The van der Waals surface area contributed by atoms with Crippen molar-refractivity contribution in [2.45, 2.75) is 32.5 Å². The molecule has 1 heterocycles. The summed E-state index contributed by atoms with van der Waals surface area (Å²) in [5, 5.41) is 0. The van der Waals surface area contributed by atoms with Gasteiger partial charge in [-0.2, -0.15) is 0 Å². The van der Waals surface area contributed by atoms with Crippen LogP contribution in [0.15, 0.2) is 0 Å². The normalized spacial score (nSPS) is 22.7. The van der Waals surface area contributed by atoms with E-state index in [-0.39, 0.29) is 6.61 Å². The number of hydrogen-bond acceptors (Lipinski definition) is 3. The molecule has 3 nitrogen and oxygen atoms in total. The van der Waals surface area contributed by atoms with Crippen molar-refractivity contribution < 1.29 is 13.9 Å². The fraction of sp³-hybridized carbons (Fsp3) is 0.889. The lowest BCUT2D eigenvalue weighted by Gasteiger charge is -2.28. The van der Waals surface area contributed by atoms with E-state index in [0.29, 0.717) is 13.1 Å². The van der Waals surface area contributed by atoms with Crippen LogP contribution in [0.3, 0.4) is 0 Å². The van der Waals surface area contributed by atoms with Crippen molar-refractivity contribution in [3.63, 3.8) is 0 Å². The lowest BCUT2D eigenvalue weighted by atomic mass is 10.2. The quantitative estimate of drug-likeness (QED) is 0.495. The number of hydrogen-bond donors (Lipinski definition) is 0. The van der Waals surface area contributed by atoms with Crippen molar-refractivity contribution in [3.8, 4) is 0 Å². The first-order chi connectivity index (χ1) is 6.09. The molecule has 0 aromatic rings. The number of ether oxygens (including phenoxy) is 1. The van der Waals surface area contributed by atoms with Crippen LogP contribution in [0.1, 0.15) is 26.7 Å². The van der Waals surface area contributed by atoms with E-state index in [0.717, 1.165) is 12.8 Å². The third kappa shape index (κ3) is 2.18. The minimum absolute atomic E-state index is 0.228. The molecule has 0 spiro atoms. The van der Waals surface area contributed by atoms with Gasteiger partial charge in [-0.15, -0.1) is 0 Å². The van der Waals surface area contributed by atoms with Crippen LogP contribution >= 0.6 is 0 Å². The summed E-state index contributed by atoms with van der Waals surface area (Å²) in [6, 6.07) is 0. The second kappa shape index (κ2) is 4.05. The summed E-state index contributed by atoms with van der Waals surface area (Å²) < 4.78 is 18.5. The van der Waals surface area contributed by atoms with Crippen LogP contribution in [0.4, 0.5) is 4.39 Å². The van der Waals surface area contributed by atoms with Crippen LogP contribution in [0, 0.1) is 0 Å². The van der Waals surface area contributed by atoms with Gasteiger partial charge in [0.2, 0.25) is 0 Å². The maximum absolute atomic E-state index is 13.8. The Morgan fingerprint density at radius 1 is 1.54 bits per heavy atom. The molecule has 0 saturated carbocycles. The SMILES string of the molecule is CCOC(=O)C(C)(F)N1CCCC1. The van der Waals surface area contributed by atoms with E-state index in [4.69, 9.17) is 0 Å². The van der Waals surface area contributed by atoms with E-state index < -0.39 is 11.8 Å². The Hall–Kier alpha value is -0.640. The number of esters is 1. The average molecular weight is 189 g/mol. The smallest absolute Gasteiger partial charge is 0.359 e. The predicted octanol–water partition coefficient (Wildman–Crippen LogP) is 1.33. The number of likely N-dealkylation sites (tertiary alicyclic amines) is 1. The molecule has 0 N–H and O–H groups in total. The maximum atomic E-state index is 13.8. The first kappa shape index (κ1) is 10.4. The Bertz CT molecular complexity index is 188. The van der Waals surface area contributed by atoms with Crippen LogP contribution < -0.4 is 0 Å². The number of alkyl halides is 1. The van der Waals surface area contributed by atoms with Gasteiger partial charge in [-0.3, -0.25) is 4.90 Å². The van der Waals surface area contributed by atoms with E-state index in [1.54, 1.807) is 6.92 Å². The largest absolute Gasteiger partial charge is 0.463 e. The summed E-state index contributed by atoms with van der Waals surface area (Å²) in [6.07, 6.45) is 1.91. The summed E-state index contributed by atoms with van der Waals surface area (Å²) in [6.45, 7) is 4.47. The zero-order valence-electron chi connectivity index (χ0n) is 8.18. The third-order valence-corrected chi connectivity index (χ3v) is 2.35. The van der Waals surface area contributed by atoms with Crippen molar-refractivity contribution in [3.05, 3.63) is 0 Å². The summed E-state index contributed by atoms with van der Waals surface area (Å²) in [4.78, 5) is 12.7. The predicted molar refractivity (Wildman–Crippen MR) is 47.0 cm³/mol. The van der Waals surface area contributed by atoms with Gasteiger partial charge in [0.15, 0.2) is 0 Å². The summed E-state index contributed by atoms with van der Waals surface area (Å²) in [7, 11) is 0. The number of halogens is 1. The van der Waals surface area contributed by atoms with Crippen LogP contribution in [0.2, 0.25) is 0 Å². The monoisotopic (exact) mass is 189 g/mol. The Balaban J connectivity index is 2.57. The van der Waals surface area contributed by atoms with Gasteiger partial charge in [0, 0.05) is 13.1 Å². The minimum atomic E-state index is -1.94. The molecule has 0 bridgehead atoms. The Kier molecular flexibility index (Phi) is 3.25. The van der Waals surface area contributed by atoms with Gasteiger partial charge in [0.25, 0.3) is 5.79 Å². The second-order valence-corrected chi connectivity index (χ2v) is 3.37. The molecular formula is C9H16FNO2. The first-order valence-corrected chi connectivity index (χ1v) is 4.70. The van der Waals surface area contributed by atoms with Crippen molar-refractivity contribution in [1.82, 2.24) is 4.90 Å². The van der Waals surface area contributed by atoms with Gasteiger partial charge in [-0.05, 0) is 26.7 Å². The lowest BCUT2D eigenvalue weighted by Crippen LogP contribution is -2.48. The Morgan fingerprint density at radius 2 is 2.08 bits per heavy atom. The van der Waals surface area contributed by atoms with E-state index in [9.17, 15) is 9.18 Å². The molecule has 1 unspecified atom stereocenters. The molecule has 1 rings (SSSR count). The number of nitrogens with zero attached hydrogens (tertiary/aromatic N) is 1. The second-order valence-electron chi connectivity index (χ2n) is 3.37. The van der Waals surface area contributed by atoms with Crippen LogP contribution in [-0.4, -0.2) is 36.4 Å². The van der Waals surface area contributed by atoms with Crippen molar-refractivity contribution in [2.24, 2.45) is 0 Å². The van der Waals surface area contributed by atoms with Crippen molar-refractivity contribution >= 4 is 5.97 Å². The van der Waals surface area contributed by atoms with Crippen LogP contribution in [0.25, 0.3) is 0 Å². The zero-order chi connectivity index (χ0) is 9.90. The molecule has 1 atom stereocenters. The highest BCUT2D eigenvalue weighted by atomic mass is 19.1. The van der Waals surface area contributed by atoms with Crippen LogP contribution in [0.5, 0.6) is 0 Å². The Morgan fingerprint density at radius 3 is 2.54 bits per heavy atom. The Labute approximate surface area is 77.9 Å². The molecule has 0 aromatic heterocycles. The average Bonchev–Trinajstić information content (AvgIpc) is 2.56. The van der Waals surface area contributed by atoms with E-state index in [1.807, 2.05) is 0 Å². The number of rotatable bonds is 3.